The molecule has 2 heteroatoms. The van der Waals surface area contributed by atoms with Crippen molar-refractivity contribution in [2.75, 3.05) is 13.2 Å². The number of ether oxygens (including phenoxy) is 1. The Balaban J connectivity index is 3.82. The number of hydrogen-bond donors (Lipinski definition) is 1. The van der Waals surface area contributed by atoms with E-state index in [1.807, 2.05) is 0 Å². The summed E-state index contributed by atoms with van der Waals surface area (Å²) >= 11 is 0. The maximum Gasteiger partial charge on any atom is 0.0623 e. The highest BCUT2D eigenvalue weighted by atomic mass is 16.5. The molecular weight excluding hydrogens is 186 g/mol. The van der Waals surface area contributed by atoms with Crippen molar-refractivity contribution in [1.82, 2.24) is 5.32 Å². The Morgan fingerprint density at radius 3 is 2.20 bits per heavy atom. The van der Waals surface area contributed by atoms with Gasteiger partial charge in [0, 0.05) is 6.04 Å². The highest BCUT2D eigenvalue weighted by Gasteiger charge is 2.15. The molecule has 0 spiro atoms. The minimum absolute atomic E-state index is 0.334. The van der Waals surface area contributed by atoms with Crippen LogP contribution in [0.5, 0.6) is 0 Å². The van der Waals surface area contributed by atoms with Crippen molar-refractivity contribution < 1.29 is 4.74 Å². The van der Waals surface area contributed by atoms with Crippen LogP contribution in [0.25, 0.3) is 0 Å². The van der Waals surface area contributed by atoms with Crippen molar-refractivity contribution in [3.63, 3.8) is 0 Å². The van der Waals surface area contributed by atoms with Gasteiger partial charge in [-0.1, -0.05) is 27.7 Å². The van der Waals surface area contributed by atoms with E-state index in [4.69, 9.17) is 4.74 Å². The van der Waals surface area contributed by atoms with Crippen LogP contribution in [-0.2, 0) is 4.74 Å². The second-order valence-corrected chi connectivity index (χ2v) is 5.74. The van der Waals surface area contributed by atoms with Gasteiger partial charge in [0.2, 0.25) is 0 Å². The summed E-state index contributed by atoms with van der Waals surface area (Å²) in [5.41, 5.74) is 0.422. The summed E-state index contributed by atoms with van der Waals surface area (Å²) in [4.78, 5) is 0. The first-order valence-corrected chi connectivity index (χ1v) is 6.20. The molecule has 0 radical (unpaired) electrons. The largest absolute Gasteiger partial charge is 0.377 e. The molecule has 0 heterocycles. The molecule has 2 nitrogen and oxygen atoms in total. The highest BCUT2D eigenvalue weighted by molar-refractivity contribution is 4.71. The van der Waals surface area contributed by atoms with E-state index in [0.29, 0.717) is 17.6 Å². The number of nitrogens with one attached hydrogen (secondary N) is 1. The van der Waals surface area contributed by atoms with Crippen LogP contribution in [0, 0.1) is 5.41 Å². The Hall–Kier alpha value is -0.0800. The van der Waals surface area contributed by atoms with Crippen LogP contribution in [0.2, 0.25) is 0 Å². The minimum atomic E-state index is 0.334. The molecule has 1 atom stereocenters. The smallest absolute Gasteiger partial charge is 0.0623 e. The summed E-state index contributed by atoms with van der Waals surface area (Å²) < 4.78 is 5.66. The van der Waals surface area contributed by atoms with E-state index in [-0.39, 0.29) is 0 Å². The van der Waals surface area contributed by atoms with Gasteiger partial charge in [-0.05, 0) is 38.6 Å². The Morgan fingerprint density at radius 2 is 1.80 bits per heavy atom. The van der Waals surface area contributed by atoms with E-state index in [1.165, 1.54) is 12.8 Å². The van der Waals surface area contributed by atoms with Crippen molar-refractivity contribution in [2.45, 2.75) is 66.5 Å². The monoisotopic (exact) mass is 215 g/mol. The Kier molecular flexibility index (Phi) is 7.20. The van der Waals surface area contributed by atoms with Crippen LogP contribution in [0.4, 0.5) is 0 Å². The average Bonchev–Trinajstić information content (AvgIpc) is 2.08. The van der Waals surface area contributed by atoms with Crippen LogP contribution in [0.3, 0.4) is 0 Å². The molecule has 0 aromatic carbocycles. The van der Waals surface area contributed by atoms with Crippen molar-refractivity contribution in [3.8, 4) is 0 Å². The van der Waals surface area contributed by atoms with E-state index in [2.05, 4.69) is 46.9 Å². The Morgan fingerprint density at radius 1 is 1.20 bits per heavy atom. The second-order valence-electron chi connectivity index (χ2n) is 5.74. The van der Waals surface area contributed by atoms with Crippen molar-refractivity contribution >= 4 is 0 Å². The summed E-state index contributed by atoms with van der Waals surface area (Å²) in [5.74, 6) is 0. The molecule has 0 saturated carbocycles. The molecular formula is C13H29NO. The predicted octanol–water partition coefficient (Wildman–Crippen LogP) is 3.22. The normalized spacial score (nSPS) is 14.6. The van der Waals surface area contributed by atoms with Gasteiger partial charge in [-0.2, -0.15) is 0 Å². The molecule has 15 heavy (non-hydrogen) atoms. The molecule has 0 aromatic rings. The SMILES string of the molecule is CCNC(CCC(C)(C)C)COC(C)C. The van der Waals surface area contributed by atoms with Gasteiger partial charge in [0.1, 0.15) is 0 Å². The lowest BCUT2D eigenvalue weighted by atomic mass is 9.89. The minimum Gasteiger partial charge on any atom is -0.377 e. The number of rotatable bonds is 7. The third-order valence-electron chi connectivity index (χ3n) is 2.37. The van der Waals surface area contributed by atoms with Gasteiger partial charge in [0.05, 0.1) is 12.7 Å². The molecule has 0 rings (SSSR count). The van der Waals surface area contributed by atoms with E-state index in [9.17, 15) is 0 Å². The predicted molar refractivity (Wildman–Crippen MR) is 67.2 cm³/mol. The molecule has 0 aromatic heterocycles. The van der Waals surface area contributed by atoms with Gasteiger partial charge in [0.25, 0.3) is 0 Å². The average molecular weight is 215 g/mol. The lowest BCUT2D eigenvalue weighted by Crippen LogP contribution is -2.35. The van der Waals surface area contributed by atoms with Crippen LogP contribution in [-0.4, -0.2) is 25.3 Å². The lowest BCUT2D eigenvalue weighted by molar-refractivity contribution is 0.0575. The molecule has 1 N–H and O–H groups in total. The van der Waals surface area contributed by atoms with E-state index < -0.39 is 0 Å². The fourth-order valence-corrected chi connectivity index (χ4v) is 1.45. The third-order valence-corrected chi connectivity index (χ3v) is 2.37. The molecule has 0 aliphatic carbocycles. The van der Waals surface area contributed by atoms with Crippen molar-refractivity contribution in [2.24, 2.45) is 5.41 Å². The first-order valence-electron chi connectivity index (χ1n) is 6.20. The molecule has 1 unspecified atom stereocenters. The number of hydrogen-bond acceptors (Lipinski definition) is 2. The van der Waals surface area contributed by atoms with Crippen LogP contribution < -0.4 is 5.32 Å². The zero-order valence-corrected chi connectivity index (χ0v) is 11.4. The standard InChI is InChI=1S/C13H29NO/c1-7-14-12(10-15-11(2)3)8-9-13(4,5)6/h11-12,14H,7-10H2,1-6H3. The maximum atomic E-state index is 5.66. The molecule has 0 fully saturated rings. The van der Waals surface area contributed by atoms with Gasteiger partial charge in [0.15, 0.2) is 0 Å². The fraction of sp³-hybridized carbons (Fsp3) is 1.00. The van der Waals surface area contributed by atoms with Crippen molar-refractivity contribution in [3.05, 3.63) is 0 Å². The number of likely N-dealkylation sites (N-methyl/N-ethyl adjacent to an activating group) is 1. The summed E-state index contributed by atoms with van der Waals surface area (Å²) in [7, 11) is 0. The molecule has 0 amide bonds. The van der Waals surface area contributed by atoms with E-state index in [0.717, 1.165) is 13.2 Å². The van der Waals surface area contributed by atoms with Gasteiger partial charge in [-0.25, -0.2) is 0 Å². The first kappa shape index (κ1) is 14.9. The maximum absolute atomic E-state index is 5.66. The molecule has 0 saturated heterocycles. The zero-order chi connectivity index (χ0) is 11.9. The van der Waals surface area contributed by atoms with E-state index >= 15 is 0 Å². The van der Waals surface area contributed by atoms with Crippen LogP contribution in [0.1, 0.15) is 54.4 Å². The van der Waals surface area contributed by atoms with Gasteiger partial charge in [-0.15, -0.1) is 0 Å². The van der Waals surface area contributed by atoms with Gasteiger partial charge in [-0.3, -0.25) is 0 Å². The second kappa shape index (κ2) is 7.24. The first-order chi connectivity index (χ1) is 6.85. The highest BCUT2D eigenvalue weighted by Crippen LogP contribution is 2.21. The topological polar surface area (TPSA) is 21.3 Å². The zero-order valence-electron chi connectivity index (χ0n) is 11.4. The van der Waals surface area contributed by atoms with Gasteiger partial charge < -0.3 is 10.1 Å². The summed E-state index contributed by atoms with van der Waals surface area (Å²) in [5, 5.41) is 3.49. The Bertz CT molecular complexity index is 149. The molecule has 0 aliphatic heterocycles. The summed E-state index contributed by atoms with van der Waals surface area (Å²) in [6, 6.07) is 0.511. The summed E-state index contributed by atoms with van der Waals surface area (Å²) in [6.45, 7) is 15.1. The molecule has 0 aliphatic rings. The Labute approximate surface area is 95.8 Å². The molecule has 0 bridgehead atoms. The van der Waals surface area contributed by atoms with Gasteiger partial charge >= 0.3 is 0 Å². The molecule has 92 valence electrons. The van der Waals surface area contributed by atoms with E-state index in [1.54, 1.807) is 0 Å². The van der Waals surface area contributed by atoms with Crippen molar-refractivity contribution in [1.29, 1.82) is 0 Å². The quantitative estimate of drug-likeness (QED) is 0.704. The third kappa shape index (κ3) is 10.2. The van der Waals surface area contributed by atoms with Crippen LogP contribution >= 0.6 is 0 Å². The fourth-order valence-electron chi connectivity index (χ4n) is 1.45. The lowest BCUT2D eigenvalue weighted by Gasteiger charge is -2.24. The van der Waals surface area contributed by atoms with Crippen LogP contribution in [0.15, 0.2) is 0 Å². The summed E-state index contributed by atoms with van der Waals surface area (Å²) in [6.07, 6.45) is 2.77.